The molecule has 0 radical (unpaired) electrons. The average molecular weight is 190 g/mol. The molecule has 78 valence electrons. The largest absolute Gasteiger partial charge is 0.0843 e. The Morgan fingerprint density at radius 3 is 2.93 bits per heavy atom. The van der Waals surface area contributed by atoms with E-state index in [1.54, 1.807) is 5.57 Å². The van der Waals surface area contributed by atoms with E-state index in [-0.39, 0.29) is 0 Å². The molecule has 0 N–H and O–H groups in total. The van der Waals surface area contributed by atoms with Gasteiger partial charge in [0.1, 0.15) is 0 Å². The fourth-order valence-electron chi connectivity index (χ4n) is 2.80. The van der Waals surface area contributed by atoms with Crippen molar-refractivity contribution in [3.63, 3.8) is 0 Å². The van der Waals surface area contributed by atoms with E-state index in [1.165, 1.54) is 44.9 Å². The molecular weight excluding hydrogens is 168 g/mol. The van der Waals surface area contributed by atoms with Crippen LogP contribution in [0.5, 0.6) is 0 Å². The highest BCUT2D eigenvalue weighted by Gasteiger charge is 2.30. The minimum absolute atomic E-state index is 0.933. The fraction of sp³-hybridized carbons (Fsp3) is 0.714. The highest BCUT2D eigenvalue weighted by atomic mass is 14.4. The third kappa shape index (κ3) is 2.29. The first-order valence-electron chi connectivity index (χ1n) is 6.28. The normalized spacial score (nSPS) is 30.2. The van der Waals surface area contributed by atoms with Crippen molar-refractivity contribution in [3.05, 3.63) is 23.8 Å². The Kier molecular flexibility index (Phi) is 3.44. The van der Waals surface area contributed by atoms with Crippen LogP contribution in [-0.4, -0.2) is 0 Å². The van der Waals surface area contributed by atoms with E-state index >= 15 is 0 Å². The van der Waals surface area contributed by atoms with Crippen molar-refractivity contribution in [2.24, 2.45) is 11.8 Å². The van der Waals surface area contributed by atoms with Crippen LogP contribution in [0.25, 0.3) is 0 Å². The Bertz CT molecular complexity index is 234. The average Bonchev–Trinajstić information content (AvgIpc) is 2.79. The highest BCUT2D eigenvalue weighted by Crippen LogP contribution is 2.44. The van der Waals surface area contributed by atoms with E-state index in [2.05, 4.69) is 25.2 Å². The number of fused-ring (bicyclic) bond motifs is 2. The van der Waals surface area contributed by atoms with Gasteiger partial charge in [0.25, 0.3) is 0 Å². The molecule has 2 rings (SSSR count). The third-order valence-electron chi connectivity index (χ3n) is 3.66. The van der Waals surface area contributed by atoms with E-state index in [0.29, 0.717) is 0 Å². The van der Waals surface area contributed by atoms with Gasteiger partial charge in [-0.1, -0.05) is 38.0 Å². The predicted molar refractivity (Wildman–Crippen MR) is 62.2 cm³/mol. The Morgan fingerprint density at radius 2 is 2.29 bits per heavy atom. The van der Waals surface area contributed by atoms with E-state index < -0.39 is 0 Å². The molecule has 14 heavy (non-hydrogen) atoms. The number of allylic oxidation sites excluding steroid dienone is 4. The molecule has 0 aromatic heterocycles. The minimum Gasteiger partial charge on any atom is -0.0843 e. The molecule has 0 heteroatoms. The second kappa shape index (κ2) is 4.82. The number of hydrogen-bond acceptors (Lipinski definition) is 0. The van der Waals surface area contributed by atoms with Crippen molar-refractivity contribution in [2.75, 3.05) is 0 Å². The molecule has 2 aliphatic rings. The van der Waals surface area contributed by atoms with E-state index in [9.17, 15) is 0 Å². The smallest absolute Gasteiger partial charge is 0.0159 e. The van der Waals surface area contributed by atoms with Crippen LogP contribution in [0.1, 0.15) is 51.9 Å². The van der Waals surface area contributed by atoms with E-state index in [0.717, 1.165) is 11.8 Å². The van der Waals surface area contributed by atoms with Gasteiger partial charge < -0.3 is 0 Å². The standard InChI is InChI=1S/C14H22/c1-2-3-4-5-6-7-13-10-12-8-9-14(13)11-12/h6-7,10,12,14H,2-5,8-9,11H2,1H3. The maximum absolute atomic E-state index is 2.52. The summed E-state index contributed by atoms with van der Waals surface area (Å²) in [6, 6.07) is 0. The van der Waals surface area contributed by atoms with Crippen LogP contribution in [0.3, 0.4) is 0 Å². The van der Waals surface area contributed by atoms with E-state index in [1.807, 2.05) is 0 Å². The summed E-state index contributed by atoms with van der Waals surface area (Å²) >= 11 is 0. The topological polar surface area (TPSA) is 0 Å². The zero-order valence-electron chi connectivity index (χ0n) is 9.34. The second-order valence-corrected chi connectivity index (χ2v) is 4.83. The molecule has 0 heterocycles. The molecule has 0 nitrogen and oxygen atoms in total. The Hall–Kier alpha value is -0.520. The molecule has 0 spiro atoms. The maximum atomic E-state index is 2.52. The Balaban J connectivity index is 1.73. The molecular formula is C14H22. The number of rotatable bonds is 5. The van der Waals surface area contributed by atoms with Gasteiger partial charge in [0, 0.05) is 0 Å². The van der Waals surface area contributed by atoms with Crippen molar-refractivity contribution in [1.82, 2.24) is 0 Å². The maximum Gasteiger partial charge on any atom is -0.0159 e. The summed E-state index contributed by atoms with van der Waals surface area (Å²) < 4.78 is 0. The molecule has 1 fully saturated rings. The van der Waals surface area contributed by atoms with Gasteiger partial charge in [-0.25, -0.2) is 0 Å². The monoisotopic (exact) mass is 190 g/mol. The lowest BCUT2D eigenvalue weighted by atomic mass is 9.98. The summed E-state index contributed by atoms with van der Waals surface area (Å²) in [7, 11) is 0. The van der Waals surface area contributed by atoms with Crippen LogP contribution in [0.2, 0.25) is 0 Å². The molecule has 2 atom stereocenters. The first-order chi connectivity index (χ1) is 6.90. The van der Waals surface area contributed by atoms with Gasteiger partial charge in [-0.05, 0) is 49.5 Å². The van der Waals surface area contributed by atoms with Gasteiger partial charge >= 0.3 is 0 Å². The van der Waals surface area contributed by atoms with Gasteiger partial charge in [0.05, 0.1) is 0 Å². The fourth-order valence-corrected chi connectivity index (χ4v) is 2.80. The molecule has 2 unspecified atom stereocenters. The molecule has 0 amide bonds. The number of hydrogen-bond donors (Lipinski definition) is 0. The van der Waals surface area contributed by atoms with Gasteiger partial charge in [-0.2, -0.15) is 0 Å². The van der Waals surface area contributed by atoms with Gasteiger partial charge in [0.15, 0.2) is 0 Å². The minimum atomic E-state index is 0.933. The zero-order valence-corrected chi connectivity index (χ0v) is 9.34. The van der Waals surface area contributed by atoms with Gasteiger partial charge in [0.2, 0.25) is 0 Å². The lowest BCUT2D eigenvalue weighted by molar-refractivity contribution is 0.670. The highest BCUT2D eigenvalue weighted by molar-refractivity contribution is 5.29. The van der Waals surface area contributed by atoms with E-state index in [4.69, 9.17) is 0 Å². The summed E-state index contributed by atoms with van der Waals surface area (Å²) in [5.74, 6) is 1.87. The second-order valence-electron chi connectivity index (χ2n) is 4.83. The molecule has 2 bridgehead atoms. The summed E-state index contributed by atoms with van der Waals surface area (Å²) in [5.41, 5.74) is 1.65. The SMILES string of the molecule is CCCCCC=CC1=CC2CCC1C2. The molecule has 0 aromatic carbocycles. The van der Waals surface area contributed by atoms with Crippen molar-refractivity contribution >= 4 is 0 Å². The van der Waals surface area contributed by atoms with Crippen molar-refractivity contribution in [3.8, 4) is 0 Å². The molecule has 2 aliphatic carbocycles. The molecule has 1 saturated carbocycles. The predicted octanol–water partition coefficient (Wildman–Crippen LogP) is 4.48. The van der Waals surface area contributed by atoms with Crippen LogP contribution in [-0.2, 0) is 0 Å². The zero-order chi connectivity index (χ0) is 9.80. The van der Waals surface area contributed by atoms with Crippen LogP contribution < -0.4 is 0 Å². The lowest BCUT2D eigenvalue weighted by Crippen LogP contribution is -1.93. The van der Waals surface area contributed by atoms with Gasteiger partial charge in [-0.3, -0.25) is 0 Å². The first-order valence-corrected chi connectivity index (χ1v) is 6.28. The Morgan fingerprint density at radius 1 is 1.36 bits per heavy atom. The van der Waals surface area contributed by atoms with Crippen LogP contribution in [0.15, 0.2) is 23.8 Å². The first kappa shape index (κ1) is 10.0. The van der Waals surface area contributed by atoms with Crippen molar-refractivity contribution in [1.29, 1.82) is 0 Å². The summed E-state index contributed by atoms with van der Waals surface area (Å²) in [4.78, 5) is 0. The summed E-state index contributed by atoms with van der Waals surface area (Å²) in [6.45, 7) is 2.27. The van der Waals surface area contributed by atoms with Crippen LogP contribution in [0.4, 0.5) is 0 Å². The van der Waals surface area contributed by atoms with Crippen molar-refractivity contribution < 1.29 is 0 Å². The summed E-state index contributed by atoms with van der Waals surface area (Å²) in [5, 5.41) is 0. The lowest BCUT2D eigenvalue weighted by Gasteiger charge is -2.08. The van der Waals surface area contributed by atoms with Gasteiger partial charge in [-0.15, -0.1) is 0 Å². The Labute approximate surface area is 88.1 Å². The third-order valence-corrected chi connectivity index (χ3v) is 3.66. The molecule has 0 aromatic rings. The van der Waals surface area contributed by atoms with Crippen LogP contribution in [0, 0.1) is 11.8 Å². The molecule has 0 aliphatic heterocycles. The van der Waals surface area contributed by atoms with Crippen LogP contribution >= 0.6 is 0 Å². The number of unbranched alkanes of at least 4 members (excludes halogenated alkanes) is 3. The van der Waals surface area contributed by atoms with Crippen molar-refractivity contribution in [2.45, 2.75) is 51.9 Å². The molecule has 0 saturated heterocycles. The summed E-state index contributed by atoms with van der Waals surface area (Å²) in [6.07, 6.45) is 17.0. The quantitative estimate of drug-likeness (QED) is 0.561.